The van der Waals surface area contributed by atoms with E-state index < -0.39 is 10.0 Å². The van der Waals surface area contributed by atoms with Crippen LogP contribution in [0.4, 0.5) is 0 Å². The van der Waals surface area contributed by atoms with Crippen molar-refractivity contribution >= 4 is 22.0 Å². The first-order valence-electron chi connectivity index (χ1n) is 8.56. The van der Waals surface area contributed by atoms with Gasteiger partial charge in [-0.3, -0.25) is 4.79 Å². The monoisotopic (exact) mass is 366 g/mol. The van der Waals surface area contributed by atoms with Crippen LogP contribution in [0.15, 0.2) is 29.2 Å². The Hall–Kier alpha value is -1.86. The molecule has 1 aliphatic heterocycles. The van der Waals surface area contributed by atoms with Gasteiger partial charge in [0.05, 0.1) is 7.11 Å². The van der Waals surface area contributed by atoms with Gasteiger partial charge in [0.25, 0.3) is 0 Å². The number of likely N-dealkylation sites (tertiary alicyclic amines) is 1. The van der Waals surface area contributed by atoms with E-state index in [1.54, 1.807) is 18.2 Å². The number of ether oxygens (including phenoxy) is 1. The van der Waals surface area contributed by atoms with E-state index in [0.717, 1.165) is 38.8 Å². The van der Waals surface area contributed by atoms with Crippen LogP contribution in [0.2, 0.25) is 0 Å². The topological polar surface area (TPSA) is 75.7 Å². The Morgan fingerprint density at radius 3 is 2.40 bits per heavy atom. The molecule has 0 aliphatic carbocycles. The lowest BCUT2D eigenvalue weighted by Gasteiger charge is -2.23. The van der Waals surface area contributed by atoms with E-state index in [1.165, 1.54) is 32.7 Å². The second-order valence-electron chi connectivity index (χ2n) is 6.04. The minimum atomic E-state index is -3.64. The Balaban J connectivity index is 2.17. The number of nitrogens with zero attached hydrogens (tertiary/aromatic N) is 1. The summed E-state index contributed by atoms with van der Waals surface area (Å²) in [4.78, 5) is 14.3. The molecule has 1 N–H and O–H groups in total. The number of rotatable bonds is 5. The summed E-state index contributed by atoms with van der Waals surface area (Å²) in [6.45, 7) is 1.57. The van der Waals surface area contributed by atoms with Gasteiger partial charge >= 0.3 is 0 Å². The highest BCUT2D eigenvalue weighted by Crippen LogP contribution is 2.25. The van der Waals surface area contributed by atoms with Gasteiger partial charge in [0, 0.05) is 19.2 Å². The largest absolute Gasteiger partial charge is 0.495 e. The van der Waals surface area contributed by atoms with Crippen LogP contribution in [0.5, 0.6) is 5.75 Å². The molecule has 2 rings (SSSR count). The van der Waals surface area contributed by atoms with Crippen molar-refractivity contribution in [3.05, 3.63) is 29.8 Å². The van der Waals surface area contributed by atoms with Crippen molar-refractivity contribution in [3.8, 4) is 5.75 Å². The normalized spacial score (nSPS) is 16.5. The molecule has 0 aromatic heterocycles. The second-order valence-corrected chi connectivity index (χ2v) is 7.90. The Kier molecular flexibility index (Phi) is 7.01. The Morgan fingerprint density at radius 2 is 1.80 bits per heavy atom. The number of methoxy groups -OCH3 is 1. The van der Waals surface area contributed by atoms with Gasteiger partial charge in [-0.1, -0.05) is 25.3 Å². The van der Waals surface area contributed by atoms with Crippen LogP contribution in [0.3, 0.4) is 0 Å². The first-order valence-corrected chi connectivity index (χ1v) is 10.0. The van der Waals surface area contributed by atoms with Gasteiger partial charge in [-0.25, -0.2) is 13.1 Å². The van der Waals surface area contributed by atoms with Gasteiger partial charge in [0.1, 0.15) is 10.6 Å². The summed E-state index contributed by atoms with van der Waals surface area (Å²) in [5, 5.41) is 0. The lowest BCUT2D eigenvalue weighted by Crippen LogP contribution is -2.32. The molecule has 0 saturated carbocycles. The summed E-state index contributed by atoms with van der Waals surface area (Å²) < 4.78 is 31.6. The predicted octanol–water partition coefficient (Wildman–Crippen LogP) is 2.41. The number of nitrogens with one attached hydrogen (secondary N) is 1. The lowest BCUT2D eigenvalue weighted by molar-refractivity contribution is -0.126. The zero-order chi connectivity index (χ0) is 18.3. The van der Waals surface area contributed by atoms with Crippen LogP contribution in [-0.2, 0) is 14.8 Å². The van der Waals surface area contributed by atoms with Crippen molar-refractivity contribution in [2.45, 2.75) is 37.0 Å². The number of carbonyl (C=O) groups is 1. The van der Waals surface area contributed by atoms with Gasteiger partial charge < -0.3 is 9.64 Å². The van der Waals surface area contributed by atoms with Gasteiger partial charge in [0.15, 0.2) is 0 Å². The third-order valence-corrected chi connectivity index (χ3v) is 5.77. The maximum Gasteiger partial charge on any atom is 0.246 e. The maximum absolute atomic E-state index is 12.4. The average Bonchev–Trinajstić information content (AvgIpc) is 2.59. The molecule has 1 aromatic carbocycles. The van der Waals surface area contributed by atoms with E-state index in [0.29, 0.717) is 5.56 Å². The van der Waals surface area contributed by atoms with E-state index in [9.17, 15) is 13.2 Å². The molecule has 1 heterocycles. The van der Waals surface area contributed by atoms with Crippen molar-refractivity contribution in [1.29, 1.82) is 0 Å². The van der Waals surface area contributed by atoms with Crippen molar-refractivity contribution in [2.24, 2.45) is 0 Å². The third-order valence-electron chi connectivity index (χ3n) is 4.33. The smallest absolute Gasteiger partial charge is 0.246 e. The SMILES string of the molecule is CNS(=O)(=O)c1cc(C=CC(=O)N2CCCCCCC2)ccc1OC. The standard InChI is InChI=1S/C18H26N2O4S/c1-19-25(22,23)17-14-15(8-10-16(17)24-2)9-11-18(21)20-12-6-4-3-5-7-13-20/h8-11,14,19H,3-7,12-13H2,1-2H3. The molecule has 1 saturated heterocycles. The molecule has 25 heavy (non-hydrogen) atoms. The van der Waals surface area contributed by atoms with Crippen LogP contribution in [0, 0.1) is 0 Å². The van der Waals surface area contributed by atoms with Crippen LogP contribution >= 0.6 is 0 Å². The van der Waals surface area contributed by atoms with E-state index in [2.05, 4.69) is 4.72 Å². The highest BCUT2D eigenvalue weighted by molar-refractivity contribution is 7.89. The molecule has 1 fully saturated rings. The zero-order valence-corrected chi connectivity index (χ0v) is 15.6. The molecule has 0 unspecified atom stereocenters. The molecular formula is C18H26N2O4S. The van der Waals surface area contributed by atoms with Gasteiger partial charge in [-0.15, -0.1) is 0 Å². The molecule has 0 bridgehead atoms. The molecule has 1 aromatic rings. The van der Waals surface area contributed by atoms with Crippen LogP contribution in [-0.4, -0.2) is 46.5 Å². The number of hydrogen-bond donors (Lipinski definition) is 1. The van der Waals surface area contributed by atoms with Crippen molar-refractivity contribution in [1.82, 2.24) is 9.62 Å². The van der Waals surface area contributed by atoms with Gasteiger partial charge in [0.2, 0.25) is 15.9 Å². The summed E-state index contributed by atoms with van der Waals surface area (Å²) in [5.41, 5.74) is 0.634. The molecule has 0 spiro atoms. The molecule has 1 amide bonds. The average molecular weight is 366 g/mol. The fourth-order valence-electron chi connectivity index (χ4n) is 2.86. The van der Waals surface area contributed by atoms with Crippen LogP contribution in [0.1, 0.15) is 37.7 Å². The first kappa shape index (κ1) is 19.5. The van der Waals surface area contributed by atoms with Gasteiger partial charge in [-0.2, -0.15) is 0 Å². The van der Waals surface area contributed by atoms with E-state index in [4.69, 9.17) is 4.74 Å². The molecule has 0 atom stereocenters. The predicted molar refractivity (Wildman–Crippen MR) is 97.9 cm³/mol. The third kappa shape index (κ3) is 5.31. The van der Waals surface area contributed by atoms with Gasteiger partial charge in [-0.05, 0) is 43.7 Å². The van der Waals surface area contributed by atoms with Crippen LogP contribution in [0.25, 0.3) is 6.08 Å². The molecular weight excluding hydrogens is 340 g/mol. The van der Waals surface area contributed by atoms with E-state index in [-0.39, 0.29) is 16.6 Å². The summed E-state index contributed by atoms with van der Waals surface area (Å²) in [6.07, 6.45) is 8.80. The number of hydrogen-bond acceptors (Lipinski definition) is 4. The summed E-state index contributed by atoms with van der Waals surface area (Å²) >= 11 is 0. The van der Waals surface area contributed by atoms with Crippen molar-refractivity contribution < 1.29 is 17.9 Å². The number of carbonyl (C=O) groups excluding carboxylic acids is 1. The van der Waals surface area contributed by atoms with E-state index >= 15 is 0 Å². The molecule has 6 nitrogen and oxygen atoms in total. The highest BCUT2D eigenvalue weighted by atomic mass is 32.2. The molecule has 7 heteroatoms. The first-order chi connectivity index (χ1) is 12.0. The van der Waals surface area contributed by atoms with Crippen molar-refractivity contribution in [3.63, 3.8) is 0 Å². The minimum Gasteiger partial charge on any atom is -0.495 e. The Bertz CT molecular complexity index is 721. The summed E-state index contributed by atoms with van der Waals surface area (Å²) in [6, 6.07) is 4.82. The number of amides is 1. The molecule has 1 aliphatic rings. The quantitative estimate of drug-likeness (QED) is 0.812. The number of sulfonamides is 1. The fraction of sp³-hybridized carbons (Fsp3) is 0.500. The molecule has 0 radical (unpaired) electrons. The minimum absolute atomic E-state index is 0.0317. The van der Waals surface area contributed by atoms with E-state index in [1.807, 2.05) is 4.90 Å². The Labute approximate surface area is 149 Å². The molecule has 138 valence electrons. The van der Waals surface area contributed by atoms with Crippen molar-refractivity contribution in [2.75, 3.05) is 27.2 Å². The number of benzene rings is 1. The fourth-order valence-corrected chi connectivity index (χ4v) is 3.79. The summed E-state index contributed by atoms with van der Waals surface area (Å²) in [5.74, 6) is 0.234. The highest BCUT2D eigenvalue weighted by Gasteiger charge is 2.18. The van der Waals surface area contributed by atoms with Crippen LogP contribution < -0.4 is 9.46 Å². The lowest BCUT2D eigenvalue weighted by atomic mass is 10.1. The second kappa shape index (κ2) is 9.01. The zero-order valence-electron chi connectivity index (χ0n) is 14.8. The summed E-state index contributed by atoms with van der Waals surface area (Å²) in [7, 11) is -0.864. The Morgan fingerprint density at radius 1 is 1.16 bits per heavy atom. The maximum atomic E-state index is 12.4.